The molecule has 0 bridgehead atoms. The zero-order valence-corrected chi connectivity index (χ0v) is 15.9. The maximum Gasteiger partial charge on any atom is 0.0421 e. The number of nitrogens with one attached hydrogen (secondary N) is 1. The van der Waals surface area contributed by atoms with Gasteiger partial charge in [-0.15, -0.1) is 0 Å². The van der Waals surface area contributed by atoms with Crippen molar-refractivity contribution in [3.8, 4) is 0 Å². The van der Waals surface area contributed by atoms with E-state index in [1.165, 1.54) is 16.7 Å². The van der Waals surface area contributed by atoms with Crippen molar-refractivity contribution in [3.05, 3.63) is 61.8 Å². The number of nitrogens with zero attached hydrogens (tertiary/aromatic N) is 1. The largest absolute Gasteiger partial charge is 0.304 e. The molecule has 0 saturated heterocycles. The Morgan fingerprint density at radius 2 is 1.57 bits per heavy atom. The highest BCUT2D eigenvalue weighted by atomic mass is 79.9. The third kappa shape index (κ3) is 4.15. The van der Waals surface area contributed by atoms with Gasteiger partial charge in [-0.3, -0.25) is 4.98 Å². The van der Waals surface area contributed by atoms with Gasteiger partial charge in [0.1, 0.15) is 0 Å². The lowest BCUT2D eigenvalue weighted by atomic mass is 10.00. The second-order valence-electron chi connectivity index (χ2n) is 5.44. The van der Waals surface area contributed by atoms with E-state index in [-0.39, 0.29) is 12.1 Å². The minimum atomic E-state index is 0.239. The van der Waals surface area contributed by atoms with Crippen LogP contribution in [0.25, 0.3) is 0 Å². The van der Waals surface area contributed by atoms with Crippen LogP contribution in [0.1, 0.15) is 48.3 Å². The highest BCUT2D eigenvalue weighted by molar-refractivity contribution is 9.10. The molecule has 2 nitrogen and oxygen atoms in total. The van der Waals surface area contributed by atoms with Crippen LogP contribution in [0, 0.1) is 13.8 Å². The topological polar surface area (TPSA) is 24.9 Å². The van der Waals surface area contributed by atoms with Crippen LogP contribution in [0.2, 0.25) is 0 Å². The number of hydrogen-bond acceptors (Lipinski definition) is 2. The first-order valence-electron chi connectivity index (χ1n) is 7.02. The average molecular weight is 412 g/mol. The predicted octanol–water partition coefficient (Wildman–Crippen LogP) is 5.64. The first kappa shape index (κ1) is 16.7. The molecule has 2 rings (SSSR count). The molecule has 1 aromatic carbocycles. The molecule has 0 fully saturated rings. The van der Waals surface area contributed by atoms with Crippen molar-refractivity contribution in [1.29, 1.82) is 0 Å². The summed E-state index contributed by atoms with van der Waals surface area (Å²) in [6.45, 7) is 8.58. The number of pyridine rings is 1. The second-order valence-corrected chi connectivity index (χ2v) is 7.27. The lowest BCUT2D eigenvalue weighted by Gasteiger charge is -2.23. The van der Waals surface area contributed by atoms with E-state index in [0.29, 0.717) is 0 Å². The normalized spacial score (nSPS) is 14.0. The minimum Gasteiger partial charge on any atom is -0.304 e. The van der Waals surface area contributed by atoms with E-state index in [1.807, 2.05) is 6.20 Å². The number of aromatic nitrogens is 1. The van der Waals surface area contributed by atoms with Crippen molar-refractivity contribution >= 4 is 31.9 Å². The van der Waals surface area contributed by atoms with Crippen LogP contribution in [0.3, 0.4) is 0 Å². The molecule has 0 aliphatic carbocycles. The van der Waals surface area contributed by atoms with E-state index in [0.717, 1.165) is 14.6 Å². The van der Waals surface area contributed by atoms with Crippen molar-refractivity contribution in [2.45, 2.75) is 39.8 Å². The molecule has 0 radical (unpaired) electrons. The van der Waals surface area contributed by atoms with Crippen LogP contribution in [0.15, 0.2) is 39.4 Å². The van der Waals surface area contributed by atoms with Crippen LogP contribution in [-0.4, -0.2) is 4.98 Å². The van der Waals surface area contributed by atoms with Gasteiger partial charge in [0.25, 0.3) is 0 Å². The molecule has 0 saturated carbocycles. The van der Waals surface area contributed by atoms with Crippen molar-refractivity contribution in [2.24, 2.45) is 0 Å². The van der Waals surface area contributed by atoms with Gasteiger partial charge in [0.2, 0.25) is 0 Å². The molecule has 2 aromatic rings. The molecule has 1 heterocycles. The summed E-state index contributed by atoms with van der Waals surface area (Å²) in [4.78, 5) is 4.42. The first-order chi connectivity index (χ1) is 9.88. The molecule has 4 heteroatoms. The van der Waals surface area contributed by atoms with Crippen LogP contribution in [-0.2, 0) is 0 Å². The van der Waals surface area contributed by atoms with Gasteiger partial charge in [-0.05, 0) is 78.5 Å². The lowest BCUT2D eigenvalue weighted by Crippen LogP contribution is -2.24. The van der Waals surface area contributed by atoms with Gasteiger partial charge in [0, 0.05) is 32.9 Å². The fraction of sp³-hybridized carbons (Fsp3) is 0.353. The summed E-state index contributed by atoms with van der Waals surface area (Å²) >= 11 is 7.05. The summed E-state index contributed by atoms with van der Waals surface area (Å²) in [5, 5.41) is 3.67. The number of halogens is 2. The Balaban J connectivity index is 2.20. The highest BCUT2D eigenvalue weighted by Gasteiger charge is 2.15. The van der Waals surface area contributed by atoms with Gasteiger partial charge in [0.15, 0.2) is 0 Å². The zero-order chi connectivity index (χ0) is 15.6. The van der Waals surface area contributed by atoms with Gasteiger partial charge in [-0.1, -0.05) is 22.0 Å². The van der Waals surface area contributed by atoms with E-state index in [1.54, 1.807) is 0 Å². The van der Waals surface area contributed by atoms with E-state index in [4.69, 9.17) is 0 Å². The molecule has 1 N–H and O–H groups in total. The SMILES string of the molecule is Cc1ccc(Br)cc1C(C)NC(C)c1cc(Br)cnc1C. The van der Waals surface area contributed by atoms with Gasteiger partial charge in [0.05, 0.1) is 0 Å². The van der Waals surface area contributed by atoms with Crippen molar-refractivity contribution in [2.75, 3.05) is 0 Å². The summed E-state index contributed by atoms with van der Waals surface area (Å²) in [6, 6.07) is 9.07. The molecular formula is C17H20Br2N2. The van der Waals surface area contributed by atoms with Crippen molar-refractivity contribution < 1.29 is 0 Å². The Hall–Kier alpha value is -0.710. The quantitative estimate of drug-likeness (QED) is 0.704. The molecule has 2 atom stereocenters. The maximum absolute atomic E-state index is 4.42. The fourth-order valence-corrected chi connectivity index (χ4v) is 3.32. The summed E-state index contributed by atoms with van der Waals surface area (Å²) in [5.41, 5.74) is 4.91. The summed E-state index contributed by atoms with van der Waals surface area (Å²) in [6.07, 6.45) is 1.84. The molecule has 2 unspecified atom stereocenters. The Kier molecular flexibility index (Phi) is 5.58. The van der Waals surface area contributed by atoms with E-state index in [2.05, 4.69) is 94.1 Å². The Labute approximate surface area is 143 Å². The van der Waals surface area contributed by atoms with E-state index in [9.17, 15) is 0 Å². The van der Waals surface area contributed by atoms with Crippen LogP contribution in [0.5, 0.6) is 0 Å². The smallest absolute Gasteiger partial charge is 0.0421 e. The highest BCUT2D eigenvalue weighted by Crippen LogP contribution is 2.26. The Bertz CT molecular complexity index is 585. The van der Waals surface area contributed by atoms with Crippen LogP contribution >= 0.6 is 31.9 Å². The molecule has 112 valence electrons. The Morgan fingerprint density at radius 3 is 2.29 bits per heavy atom. The predicted molar refractivity (Wildman–Crippen MR) is 95.5 cm³/mol. The summed E-state index contributed by atoms with van der Waals surface area (Å²) in [7, 11) is 0. The zero-order valence-electron chi connectivity index (χ0n) is 12.7. The third-order valence-electron chi connectivity index (χ3n) is 3.77. The molecule has 1 aromatic heterocycles. The first-order valence-corrected chi connectivity index (χ1v) is 8.61. The average Bonchev–Trinajstić information content (AvgIpc) is 2.43. The molecule has 0 amide bonds. The van der Waals surface area contributed by atoms with E-state index >= 15 is 0 Å². The third-order valence-corrected chi connectivity index (χ3v) is 4.69. The van der Waals surface area contributed by atoms with Gasteiger partial charge >= 0.3 is 0 Å². The maximum atomic E-state index is 4.42. The van der Waals surface area contributed by atoms with E-state index < -0.39 is 0 Å². The molecular weight excluding hydrogens is 392 g/mol. The van der Waals surface area contributed by atoms with Crippen LogP contribution < -0.4 is 5.32 Å². The lowest BCUT2D eigenvalue weighted by molar-refractivity contribution is 0.490. The minimum absolute atomic E-state index is 0.239. The Morgan fingerprint density at radius 1 is 0.952 bits per heavy atom. The fourth-order valence-electron chi connectivity index (χ4n) is 2.59. The monoisotopic (exact) mass is 410 g/mol. The second kappa shape index (κ2) is 7.03. The summed E-state index contributed by atoms with van der Waals surface area (Å²) < 4.78 is 2.13. The number of aryl methyl sites for hydroxylation is 2. The van der Waals surface area contributed by atoms with Crippen molar-refractivity contribution in [3.63, 3.8) is 0 Å². The van der Waals surface area contributed by atoms with Crippen molar-refractivity contribution in [1.82, 2.24) is 10.3 Å². The summed E-state index contributed by atoms with van der Waals surface area (Å²) in [5.74, 6) is 0. The van der Waals surface area contributed by atoms with Crippen LogP contribution in [0.4, 0.5) is 0 Å². The molecule has 21 heavy (non-hydrogen) atoms. The molecule has 0 aliphatic rings. The standard InChI is InChI=1S/C17H20Br2N2/c1-10-5-6-14(18)7-16(10)12(3)21-13(4)17-8-15(19)9-20-11(17)2/h5-9,12-13,21H,1-4H3. The van der Waals surface area contributed by atoms with Gasteiger partial charge < -0.3 is 5.32 Å². The number of rotatable bonds is 4. The molecule has 0 aliphatic heterocycles. The van der Waals surface area contributed by atoms with Gasteiger partial charge in [-0.2, -0.15) is 0 Å². The van der Waals surface area contributed by atoms with Gasteiger partial charge in [-0.25, -0.2) is 0 Å². The molecule has 0 spiro atoms. The number of hydrogen-bond donors (Lipinski definition) is 1. The number of benzene rings is 1.